The number of amides is 2. The number of piperazine rings is 1. The van der Waals surface area contributed by atoms with Crippen molar-refractivity contribution in [1.82, 2.24) is 14.2 Å². The van der Waals surface area contributed by atoms with Crippen LogP contribution in [0.4, 0.5) is 16.3 Å². The van der Waals surface area contributed by atoms with Crippen LogP contribution in [-0.2, 0) is 14.8 Å². The minimum atomic E-state index is -3.55. The molecule has 2 saturated heterocycles. The SMILES string of the molecule is O=C(Nc1ccccc1)N1CCN(c2ccc(S(=O)(=O)N3CCOCC3)cn2)CC1. The largest absolute Gasteiger partial charge is 0.379 e. The third-order valence-corrected chi connectivity index (χ3v) is 7.13. The van der Waals surface area contributed by atoms with Gasteiger partial charge in [-0.15, -0.1) is 0 Å². The summed E-state index contributed by atoms with van der Waals surface area (Å²) in [6.07, 6.45) is 1.41. The molecule has 2 aromatic rings. The van der Waals surface area contributed by atoms with E-state index in [-0.39, 0.29) is 10.9 Å². The van der Waals surface area contributed by atoms with Gasteiger partial charge in [0, 0.05) is 51.2 Å². The van der Waals surface area contributed by atoms with Crippen LogP contribution in [0.15, 0.2) is 53.6 Å². The summed E-state index contributed by atoms with van der Waals surface area (Å²) in [6, 6.07) is 12.6. The molecule has 2 fully saturated rings. The van der Waals surface area contributed by atoms with Crippen LogP contribution in [0, 0.1) is 0 Å². The van der Waals surface area contributed by atoms with E-state index in [9.17, 15) is 13.2 Å². The van der Waals surface area contributed by atoms with E-state index in [0.29, 0.717) is 58.3 Å². The molecule has 10 heteroatoms. The Bertz CT molecular complexity index is 954. The average Bonchev–Trinajstić information content (AvgIpc) is 2.80. The van der Waals surface area contributed by atoms with E-state index < -0.39 is 10.0 Å². The van der Waals surface area contributed by atoms with Gasteiger partial charge in [-0.3, -0.25) is 0 Å². The molecule has 2 aliphatic rings. The number of urea groups is 1. The highest BCUT2D eigenvalue weighted by atomic mass is 32.2. The number of rotatable bonds is 4. The Morgan fingerprint density at radius 1 is 0.933 bits per heavy atom. The Morgan fingerprint density at radius 2 is 1.63 bits per heavy atom. The monoisotopic (exact) mass is 431 g/mol. The highest BCUT2D eigenvalue weighted by molar-refractivity contribution is 7.89. The maximum atomic E-state index is 12.7. The van der Waals surface area contributed by atoms with Crippen molar-refractivity contribution in [2.75, 3.05) is 62.7 Å². The number of nitrogens with one attached hydrogen (secondary N) is 1. The van der Waals surface area contributed by atoms with E-state index in [0.717, 1.165) is 5.69 Å². The third-order valence-electron chi connectivity index (χ3n) is 5.24. The number of hydrogen-bond donors (Lipinski definition) is 1. The summed E-state index contributed by atoms with van der Waals surface area (Å²) in [4.78, 5) is 20.8. The Kier molecular flexibility index (Phi) is 6.16. The molecule has 0 atom stereocenters. The number of carbonyl (C=O) groups excluding carboxylic acids is 1. The van der Waals surface area contributed by atoms with Crippen molar-refractivity contribution in [2.45, 2.75) is 4.90 Å². The van der Waals surface area contributed by atoms with Gasteiger partial charge in [0.1, 0.15) is 10.7 Å². The molecule has 160 valence electrons. The number of para-hydroxylation sites is 1. The van der Waals surface area contributed by atoms with Gasteiger partial charge in [-0.05, 0) is 24.3 Å². The minimum absolute atomic E-state index is 0.124. The van der Waals surface area contributed by atoms with E-state index in [2.05, 4.69) is 15.2 Å². The zero-order valence-electron chi connectivity index (χ0n) is 16.6. The van der Waals surface area contributed by atoms with Crippen LogP contribution in [0.25, 0.3) is 0 Å². The molecule has 9 nitrogen and oxygen atoms in total. The van der Waals surface area contributed by atoms with Crippen LogP contribution in [0.2, 0.25) is 0 Å². The molecule has 30 heavy (non-hydrogen) atoms. The van der Waals surface area contributed by atoms with Crippen LogP contribution >= 0.6 is 0 Å². The minimum Gasteiger partial charge on any atom is -0.379 e. The lowest BCUT2D eigenvalue weighted by Gasteiger charge is -2.35. The van der Waals surface area contributed by atoms with Crippen molar-refractivity contribution >= 4 is 27.6 Å². The van der Waals surface area contributed by atoms with Crippen LogP contribution < -0.4 is 10.2 Å². The molecule has 0 unspecified atom stereocenters. The number of anilines is 2. The summed E-state index contributed by atoms with van der Waals surface area (Å²) in [5.41, 5.74) is 0.767. The number of sulfonamides is 1. The van der Waals surface area contributed by atoms with Crippen LogP contribution in [0.1, 0.15) is 0 Å². The van der Waals surface area contributed by atoms with E-state index >= 15 is 0 Å². The Labute approximate surface area is 176 Å². The van der Waals surface area contributed by atoms with Crippen LogP contribution in [0.5, 0.6) is 0 Å². The number of morpholine rings is 1. The molecule has 1 aromatic carbocycles. The molecule has 2 amide bonds. The molecule has 0 spiro atoms. The van der Waals surface area contributed by atoms with Gasteiger partial charge in [-0.25, -0.2) is 18.2 Å². The molecule has 0 saturated carbocycles. The maximum Gasteiger partial charge on any atom is 0.321 e. The molecule has 1 N–H and O–H groups in total. The first kappa shape index (κ1) is 20.6. The molecule has 4 rings (SSSR count). The molecule has 2 aliphatic heterocycles. The lowest BCUT2D eigenvalue weighted by Crippen LogP contribution is -2.50. The van der Waals surface area contributed by atoms with Crippen LogP contribution in [-0.4, -0.2) is 81.1 Å². The molecule has 0 aliphatic carbocycles. The lowest BCUT2D eigenvalue weighted by atomic mass is 10.3. The summed E-state index contributed by atoms with van der Waals surface area (Å²) < 4.78 is 32.1. The summed E-state index contributed by atoms with van der Waals surface area (Å²) in [5, 5.41) is 2.89. The second-order valence-corrected chi connectivity index (χ2v) is 9.08. The fourth-order valence-electron chi connectivity index (χ4n) is 3.51. The summed E-state index contributed by atoms with van der Waals surface area (Å²) in [7, 11) is -3.55. The second-order valence-electron chi connectivity index (χ2n) is 7.14. The van der Waals surface area contributed by atoms with Gasteiger partial charge in [0.2, 0.25) is 10.0 Å². The predicted molar refractivity (Wildman–Crippen MR) is 113 cm³/mol. The number of benzene rings is 1. The number of nitrogens with zero attached hydrogens (tertiary/aromatic N) is 4. The van der Waals surface area contributed by atoms with Crippen LogP contribution in [0.3, 0.4) is 0 Å². The van der Waals surface area contributed by atoms with Gasteiger partial charge in [0.05, 0.1) is 13.2 Å². The molecule has 3 heterocycles. The molecule has 0 radical (unpaired) electrons. The van der Waals surface area contributed by atoms with E-state index in [1.54, 1.807) is 17.0 Å². The highest BCUT2D eigenvalue weighted by Crippen LogP contribution is 2.20. The lowest BCUT2D eigenvalue weighted by molar-refractivity contribution is 0.0730. The predicted octanol–water partition coefficient (Wildman–Crippen LogP) is 1.46. The van der Waals surface area contributed by atoms with Crippen molar-refractivity contribution in [3.05, 3.63) is 48.7 Å². The smallest absolute Gasteiger partial charge is 0.321 e. The quantitative estimate of drug-likeness (QED) is 0.788. The van der Waals surface area contributed by atoms with Gasteiger partial charge in [-0.1, -0.05) is 18.2 Å². The topological polar surface area (TPSA) is 95.1 Å². The van der Waals surface area contributed by atoms with Crippen molar-refractivity contribution in [3.63, 3.8) is 0 Å². The van der Waals surface area contributed by atoms with Crippen molar-refractivity contribution in [2.24, 2.45) is 0 Å². The summed E-state index contributed by atoms with van der Waals surface area (Å²) in [6.45, 7) is 3.92. The Balaban J connectivity index is 1.34. The zero-order valence-corrected chi connectivity index (χ0v) is 17.4. The van der Waals surface area contributed by atoms with Crippen molar-refractivity contribution in [1.29, 1.82) is 0 Å². The summed E-state index contributed by atoms with van der Waals surface area (Å²) >= 11 is 0. The summed E-state index contributed by atoms with van der Waals surface area (Å²) in [5.74, 6) is 0.707. The maximum absolute atomic E-state index is 12.7. The van der Waals surface area contributed by atoms with Gasteiger partial charge in [0.25, 0.3) is 0 Å². The standard InChI is InChI=1S/C20H25N5O4S/c26-20(22-17-4-2-1-3-5-17)24-10-8-23(9-11-24)19-7-6-18(16-21-19)30(27,28)25-12-14-29-15-13-25/h1-7,16H,8-15H2,(H,22,26). The Morgan fingerprint density at radius 3 is 2.27 bits per heavy atom. The first-order chi connectivity index (χ1) is 14.5. The van der Waals surface area contributed by atoms with Gasteiger partial charge in [0.15, 0.2) is 0 Å². The first-order valence-corrected chi connectivity index (χ1v) is 11.4. The van der Waals surface area contributed by atoms with E-state index in [1.165, 1.54) is 10.5 Å². The zero-order chi connectivity index (χ0) is 21.0. The number of carbonyl (C=O) groups is 1. The molecule has 0 bridgehead atoms. The Hall–Kier alpha value is -2.69. The van der Waals surface area contributed by atoms with Crippen molar-refractivity contribution < 1.29 is 17.9 Å². The van der Waals surface area contributed by atoms with Gasteiger partial charge >= 0.3 is 6.03 Å². The normalized spacial score (nSPS) is 18.3. The molecule has 1 aromatic heterocycles. The van der Waals surface area contributed by atoms with Crippen molar-refractivity contribution in [3.8, 4) is 0 Å². The molecular formula is C20H25N5O4S. The first-order valence-electron chi connectivity index (χ1n) is 9.94. The number of hydrogen-bond acceptors (Lipinski definition) is 6. The van der Waals surface area contributed by atoms with Gasteiger partial charge in [-0.2, -0.15) is 4.31 Å². The third kappa shape index (κ3) is 4.55. The molecular weight excluding hydrogens is 406 g/mol. The highest BCUT2D eigenvalue weighted by Gasteiger charge is 2.27. The average molecular weight is 432 g/mol. The second kappa shape index (κ2) is 8.99. The number of pyridine rings is 1. The van der Waals surface area contributed by atoms with E-state index in [1.807, 2.05) is 30.3 Å². The number of ether oxygens (including phenoxy) is 1. The van der Waals surface area contributed by atoms with Gasteiger partial charge < -0.3 is 19.9 Å². The van der Waals surface area contributed by atoms with E-state index in [4.69, 9.17) is 4.74 Å². The fraction of sp³-hybridized carbons (Fsp3) is 0.400. The number of aromatic nitrogens is 1. The fourth-order valence-corrected chi connectivity index (χ4v) is 4.86.